The summed E-state index contributed by atoms with van der Waals surface area (Å²) in [4.78, 5) is 0. The van der Waals surface area contributed by atoms with E-state index in [0.29, 0.717) is 0 Å². The minimum atomic E-state index is 1.16. The molecule has 0 amide bonds. The van der Waals surface area contributed by atoms with E-state index >= 15 is 0 Å². The zero-order valence-corrected chi connectivity index (χ0v) is 56.9. The Morgan fingerprint density at radius 2 is 0.471 bits per heavy atom. The Balaban J connectivity index is 0.000000133. The molecule has 0 saturated heterocycles. The van der Waals surface area contributed by atoms with Gasteiger partial charge in [-0.05, 0) is 172 Å². The SMILES string of the molecule is c1ccc(-c2ccc(-n3c4ccccc4c4cc(-c5ccc6c(c5)c5c7sc8ccccc8c7ccc5n6-c5ccccc5)ccc43)cc2)cc1.c1ccc(-c2ccc(-n3c4ccccc4c4cc(-c5ccc6c(c5)c5ccc7c8ccccc8sc7c5n6-c5ccccc5)ccc43)cc2)cc1. The highest BCUT2D eigenvalue weighted by Crippen LogP contribution is 2.48. The first kappa shape index (κ1) is 58.2. The van der Waals surface area contributed by atoms with Gasteiger partial charge in [-0.15, -0.1) is 22.7 Å². The van der Waals surface area contributed by atoms with Crippen molar-refractivity contribution < 1.29 is 0 Å². The standard InChI is InChI=1S/2C48H30N2S/c1-3-11-31(12-4-1)32-19-23-36(24-20-32)49-43-17-9-7-15-37(43)41-29-33(21-27-44(41)49)34-22-28-45-42(30-34)39-25-26-40-38-16-8-10-18-46(38)51-48(40)47(39)50(45)35-13-5-2-6-14-35;1-3-11-31(12-4-1)32-19-23-36(24-20-32)49-42-17-9-7-15-37(42)40-29-33(21-26-43(40)49)34-22-27-44-41(30-34)47-45(50(44)35-13-5-2-6-14-35)28-25-39-38-16-8-10-18-46(38)51-48(39)47/h2*1-30H. The predicted octanol–water partition coefficient (Wildman–Crippen LogP) is 27.2. The molecule has 0 spiro atoms. The molecule has 4 nitrogen and oxygen atoms in total. The van der Waals surface area contributed by atoms with Crippen LogP contribution in [0.15, 0.2) is 364 Å². The normalized spacial score (nSPS) is 11.9. The van der Waals surface area contributed by atoms with Crippen LogP contribution in [-0.4, -0.2) is 18.3 Å². The number of hydrogen-bond acceptors (Lipinski definition) is 2. The number of aromatic nitrogens is 4. The molecule has 0 atom stereocenters. The minimum absolute atomic E-state index is 1.16. The van der Waals surface area contributed by atoms with Gasteiger partial charge in [0.2, 0.25) is 0 Å². The molecular weight excluding hydrogens is 1270 g/mol. The number of fused-ring (bicyclic) bond motifs is 20. The fraction of sp³-hybridized carbons (Fsp3) is 0. The van der Waals surface area contributed by atoms with Crippen molar-refractivity contribution >= 4 is 150 Å². The zero-order chi connectivity index (χ0) is 66.9. The van der Waals surface area contributed by atoms with E-state index in [0.717, 1.165) is 11.4 Å². The van der Waals surface area contributed by atoms with Gasteiger partial charge in [-0.25, -0.2) is 0 Å². The predicted molar refractivity (Wildman–Crippen MR) is 438 cm³/mol. The summed E-state index contributed by atoms with van der Waals surface area (Å²) in [7, 11) is 0. The average molecular weight is 1330 g/mol. The Bertz CT molecular complexity index is 7070. The molecule has 0 aliphatic heterocycles. The molecule has 16 aromatic carbocycles. The van der Waals surface area contributed by atoms with Crippen LogP contribution in [0.3, 0.4) is 0 Å². The molecule has 6 aromatic heterocycles. The number of hydrogen-bond donors (Lipinski definition) is 0. The summed E-state index contributed by atoms with van der Waals surface area (Å²) in [5.41, 5.74) is 24.3. The number of benzene rings is 16. The van der Waals surface area contributed by atoms with E-state index in [4.69, 9.17) is 0 Å². The van der Waals surface area contributed by atoms with Crippen molar-refractivity contribution in [2.45, 2.75) is 0 Å². The monoisotopic (exact) mass is 1330 g/mol. The van der Waals surface area contributed by atoms with E-state index in [-0.39, 0.29) is 0 Å². The summed E-state index contributed by atoms with van der Waals surface area (Å²) in [6, 6.07) is 133. The lowest BCUT2D eigenvalue weighted by molar-refractivity contribution is 1.18. The first-order valence-corrected chi connectivity index (χ1v) is 36.5. The molecule has 102 heavy (non-hydrogen) atoms. The van der Waals surface area contributed by atoms with Crippen molar-refractivity contribution in [1.29, 1.82) is 0 Å². The van der Waals surface area contributed by atoms with Crippen molar-refractivity contribution in [1.82, 2.24) is 18.3 Å². The van der Waals surface area contributed by atoms with Gasteiger partial charge in [-0.1, -0.05) is 237 Å². The summed E-state index contributed by atoms with van der Waals surface area (Å²) in [6.45, 7) is 0. The third-order valence-corrected chi connectivity index (χ3v) is 23.4. The van der Waals surface area contributed by atoms with Crippen LogP contribution in [0.4, 0.5) is 0 Å². The van der Waals surface area contributed by atoms with E-state index in [2.05, 4.69) is 382 Å². The summed E-state index contributed by atoms with van der Waals surface area (Å²) >= 11 is 3.80. The number of para-hydroxylation sites is 4. The van der Waals surface area contributed by atoms with Crippen molar-refractivity contribution in [2.24, 2.45) is 0 Å². The molecule has 0 aliphatic rings. The lowest BCUT2D eigenvalue weighted by atomic mass is 10.00. The Morgan fingerprint density at radius 3 is 0.971 bits per heavy atom. The molecule has 0 aliphatic carbocycles. The van der Waals surface area contributed by atoms with Crippen molar-refractivity contribution in [3.63, 3.8) is 0 Å². The number of nitrogens with zero attached hydrogens (tertiary/aromatic N) is 4. The van der Waals surface area contributed by atoms with Gasteiger partial charge < -0.3 is 18.3 Å². The fourth-order valence-electron chi connectivity index (χ4n) is 16.4. The van der Waals surface area contributed by atoms with Crippen molar-refractivity contribution in [3.05, 3.63) is 364 Å². The maximum Gasteiger partial charge on any atom is 0.0719 e. The Labute approximate surface area is 595 Å². The summed E-state index contributed by atoms with van der Waals surface area (Å²) in [6.07, 6.45) is 0. The van der Waals surface area contributed by atoms with Crippen LogP contribution in [0.2, 0.25) is 0 Å². The molecule has 0 bridgehead atoms. The molecule has 22 aromatic rings. The van der Waals surface area contributed by atoms with E-state index in [1.807, 2.05) is 22.7 Å². The van der Waals surface area contributed by atoms with Gasteiger partial charge >= 0.3 is 0 Å². The second-order valence-electron chi connectivity index (χ2n) is 26.7. The van der Waals surface area contributed by atoms with E-state index in [9.17, 15) is 0 Å². The van der Waals surface area contributed by atoms with Gasteiger partial charge in [-0.3, -0.25) is 0 Å². The highest BCUT2D eigenvalue weighted by Gasteiger charge is 2.23. The molecule has 0 radical (unpaired) electrons. The topological polar surface area (TPSA) is 19.7 Å². The third kappa shape index (κ3) is 9.20. The van der Waals surface area contributed by atoms with Crippen LogP contribution in [0.5, 0.6) is 0 Å². The smallest absolute Gasteiger partial charge is 0.0719 e. The van der Waals surface area contributed by atoms with Crippen LogP contribution < -0.4 is 0 Å². The molecule has 0 N–H and O–H groups in total. The maximum absolute atomic E-state index is 2.46. The highest BCUT2D eigenvalue weighted by atomic mass is 32.1. The Morgan fingerprint density at radius 1 is 0.167 bits per heavy atom. The lowest BCUT2D eigenvalue weighted by Crippen LogP contribution is -1.94. The van der Waals surface area contributed by atoms with Gasteiger partial charge in [0.15, 0.2) is 0 Å². The number of thiophene rings is 2. The summed E-state index contributed by atoms with van der Waals surface area (Å²) in [5, 5.41) is 15.5. The first-order chi connectivity index (χ1) is 50.6. The molecular formula is C96H60N4S2. The minimum Gasteiger partial charge on any atom is -0.309 e. The average Bonchev–Trinajstić information content (AvgIpc) is 1.57. The fourth-order valence-corrected chi connectivity index (χ4v) is 18.9. The second-order valence-corrected chi connectivity index (χ2v) is 28.8. The van der Waals surface area contributed by atoms with Crippen LogP contribution >= 0.6 is 22.7 Å². The highest BCUT2D eigenvalue weighted by molar-refractivity contribution is 7.27. The van der Waals surface area contributed by atoms with Gasteiger partial charge in [0, 0.05) is 101 Å². The van der Waals surface area contributed by atoms with Crippen LogP contribution in [0, 0.1) is 0 Å². The zero-order valence-electron chi connectivity index (χ0n) is 55.2. The van der Waals surface area contributed by atoms with E-state index in [1.54, 1.807) is 0 Å². The Kier molecular flexibility index (Phi) is 13.3. The molecule has 6 heterocycles. The molecule has 476 valence electrons. The maximum atomic E-state index is 2.46. The van der Waals surface area contributed by atoms with Crippen molar-refractivity contribution in [3.8, 4) is 67.3 Å². The molecule has 0 fully saturated rings. The van der Waals surface area contributed by atoms with E-state index < -0.39 is 0 Å². The van der Waals surface area contributed by atoms with E-state index in [1.165, 1.54) is 183 Å². The summed E-state index contributed by atoms with van der Waals surface area (Å²) < 4.78 is 15.0. The molecule has 0 unspecified atom stereocenters. The van der Waals surface area contributed by atoms with Gasteiger partial charge in [0.05, 0.1) is 48.8 Å². The van der Waals surface area contributed by atoms with Crippen LogP contribution in [0.1, 0.15) is 0 Å². The molecule has 6 heteroatoms. The largest absolute Gasteiger partial charge is 0.309 e. The second kappa shape index (κ2) is 23.4. The van der Waals surface area contributed by atoms with Gasteiger partial charge in [-0.2, -0.15) is 0 Å². The van der Waals surface area contributed by atoms with Crippen molar-refractivity contribution in [2.75, 3.05) is 0 Å². The molecule has 0 saturated carbocycles. The number of rotatable bonds is 8. The summed E-state index contributed by atoms with van der Waals surface area (Å²) in [5.74, 6) is 0. The quantitative estimate of drug-likeness (QED) is 0.144. The lowest BCUT2D eigenvalue weighted by Gasteiger charge is -2.10. The molecule has 22 rings (SSSR count). The Hall–Kier alpha value is -12.8. The first-order valence-electron chi connectivity index (χ1n) is 34.9. The van der Waals surface area contributed by atoms with Gasteiger partial charge in [0.25, 0.3) is 0 Å². The van der Waals surface area contributed by atoms with Crippen LogP contribution in [0.25, 0.3) is 195 Å². The van der Waals surface area contributed by atoms with Crippen LogP contribution in [-0.2, 0) is 0 Å². The third-order valence-electron chi connectivity index (χ3n) is 21.1. The van der Waals surface area contributed by atoms with Gasteiger partial charge in [0.1, 0.15) is 0 Å².